The fourth-order valence-electron chi connectivity index (χ4n) is 6.57. The predicted octanol–water partition coefficient (Wildman–Crippen LogP) is 5.18. The van der Waals surface area contributed by atoms with Crippen LogP contribution in [0.3, 0.4) is 0 Å². The summed E-state index contributed by atoms with van der Waals surface area (Å²) in [5.74, 6) is 2.12. The van der Waals surface area contributed by atoms with Crippen molar-refractivity contribution < 1.29 is 0 Å². The highest BCUT2D eigenvalue weighted by molar-refractivity contribution is 4.96. The van der Waals surface area contributed by atoms with Gasteiger partial charge in [0.1, 0.15) is 0 Å². The maximum absolute atomic E-state index is 2.83. The first kappa shape index (κ1) is 18.3. The number of rotatable bonds is 5. The second-order valence-electron chi connectivity index (χ2n) is 10.5. The van der Waals surface area contributed by atoms with Gasteiger partial charge >= 0.3 is 0 Å². The maximum atomic E-state index is 2.83. The first-order chi connectivity index (χ1) is 12.1. The van der Waals surface area contributed by atoms with E-state index in [2.05, 4.69) is 23.8 Å². The van der Waals surface area contributed by atoms with Crippen molar-refractivity contribution in [3.63, 3.8) is 0 Å². The minimum absolute atomic E-state index is 0.752. The molecule has 144 valence electrons. The summed E-state index contributed by atoms with van der Waals surface area (Å²) < 4.78 is 0. The average molecular weight is 347 g/mol. The van der Waals surface area contributed by atoms with E-state index in [1.54, 1.807) is 25.7 Å². The van der Waals surface area contributed by atoms with Crippen LogP contribution >= 0.6 is 0 Å². The van der Waals surface area contributed by atoms with E-state index in [0.717, 1.165) is 22.7 Å². The van der Waals surface area contributed by atoms with Gasteiger partial charge in [-0.2, -0.15) is 0 Å². The summed E-state index contributed by atoms with van der Waals surface area (Å²) in [6.07, 6.45) is 18.1. The smallest absolute Gasteiger partial charge is 0.00380 e. The molecule has 0 N–H and O–H groups in total. The van der Waals surface area contributed by atoms with Gasteiger partial charge in [0, 0.05) is 6.54 Å². The fourth-order valence-corrected chi connectivity index (χ4v) is 6.57. The highest BCUT2D eigenvalue weighted by Gasteiger charge is 2.44. The molecule has 0 aromatic heterocycles. The molecule has 0 bridgehead atoms. The summed E-state index contributed by atoms with van der Waals surface area (Å²) in [6.45, 7) is 9.30. The van der Waals surface area contributed by atoms with E-state index in [1.807, 2.05) is 0 Å². The Morgan fingerprint density at radius 2 is 1.36 bits per heavy atom. The summed E-state index contributed by atoms with van der Waals surface area (Å²) in [5, 5.41) is 0. The lowest BCUT2D eigenvalue weighted by atomic mass is 9.62. The molecule has 4 rings (SSSR count). The molecule has 2 aliphatic heterocycles. The molecule has 4 aliphatic rings. The van der Waals surface area contributed by atoms with Crippen molar-refractivity contribution in [1.29, 1.82) is 0 Å². The Bertz CT molecular complexity index is 415. The van der Waals surface area contributed by atoms with Gasteiger partial charge < -0.3 is 9.80 Å². The Morgan fingerprint density at radius 3 is 1.92 bits per heavy atom. The van der Waals surface area contributed by atoms with Gasteiger partial charge in [-0.1, -0.05) is 13.3 Å². The summed E-state index contributed by atoms with van der Waals surface area (Å²) >= 11 is 0. The molecule has 25 heavy (non-hydrogen) atoms. The predicted molar refractivity (Wildman–Crippen MR) is 107 cm³/mol. The van der Waals surface area contributed by atoms with Crippen LogP contribution in [-0.4, -0.2) is 49.6 Å². The maximum Gasteiger partial charge on any atom is 0.00380 e. The molecule has 0 radical (unpaired) electrons. The third-order valence-electron chi connectivity index (χ3n) is 8.73. The van der Waals surface area contributed by atoms with E-state index >= 15 is 0 Å². The van der Waals surface area contributed by atoms with Crippen molar-refractivity contribution in [2.45, 2.75) is 84.0 Å². The lowest BCUT2D eigenvalue weighted by Crippen LogP contribution is -2.43. The quantitative estimate of drug-likeness (QED) is 0.676. The molecule has 1 spiro atoms. The standard InChI is InChI=1S/C23H42N2/c1-3-8-23(11-12-23)19-25-15-6-21(7-16-25)20-4-9-22(10-5-20)13-17-24(2)18-14-22/h20-21H,3-19H2,1-2H3. The van der Waals surface area contributed by atoms with Crippen LogP contribution in [0.4, 0.5) is 0 Å². The van der Waals surface area contributed by atoms with E-state index in [-0.39, 0.29) is 0 Å². The molecule has 0 unspecified atom stereocenters. The zero-order valence-corrected chi connectivity index (χ0v) is 17.1. The molecule has 4 fully saturated rings. The molecule has 0 atom stereocenters. The Balaban J connectivity index is 1.20. The summed E-state index contributed by atoms with van der Waals surface area (Å²) in [4.78, 5) is 5.37. The second kappa shape index (κ2) is 7.50. The van der Waals surface area contributed by atoms with Crippen LogP contribution in [0.15, 0.2) is 0 Å². The van der Waals surface area contributed by atoms with Crippen LogP contribution < -0.4 is 0 Å². The molecule has 2 saturated carbocycles. The van der Waals surface area contributed by atoms with Crippen LogP contribution in [0.25, 0.3) is 0 Å². The van der Waals surface area contributed by atoms with E-state index in [0.29, 0.717) is 0 Å². The van der Waals surface area contributed by atoms with Crippen molar-refractivity contribution in [3.05, 3.63) is 0 Å². The molecule has 0 amide bonds. The number of nitrogens with zero attached hydrogens (tertiary/aromatic N) is 2. The molecule has 2 heteroatoms. The molecule has 2 saturated heterocycles. The Kier molecular flexibility index (Phi) is 5.49. The molecular weight excluding hydrogens is 304 g/mol. The molecule has 0 aromatic rings. The Labute approximate surface area is 156 Å². The number of hydrogen-bond acceptors (Lipinski definition) is 2. The normalized spacial score (nSPS) is 31.4. The zero-order chi connectivity index (χ0) is 17.3. The first-order valence-electron chi connectivity index (χ1n) is 11.5. The zero-order valence-electron chi connectivity index (χ0n) is 17.1. The van der Waals surface area contributed by atoms with Crippen molar-refractivity contribution in [1.82, 2.24) is 9.80 Å². The summed E-state index contributed by atoms with van der Waals surface area (Å²) in [6, 6.07) is 0. The second-order valence-corrected chi connectivity index (χ2v) is 10.5. The Morgan fingerprint density at radius 1 is 0.760 bits per heavy atom. The largest absolute Gasteiger partial charge is 0.306 e. The molecule has 0 aromatic carbocycles. The van der Waals surface area contributed by atoms with Gasteiger partial charge in [-0.3, -0.25) is 0 Å². The highest BCUT2D eigenvalue weighted by Crippen LogP contribution is 2.51. The van der Waals surface area contributed by atoms with E-state index < -0.39 is 0 Å². The van der Waals surface area contributed by atoms with Gasteiger partial charge in [0.25, 0.3) is 0 Å². The first-order valence-corrected chi connectivity index (χ1v) is 11.5. The van der Waals surface area contributed by atoms with Crippen LogP contribution in [-0.2, 0) is 0 Å². The monoisotopic (exact) mass is 346 g/mol. The number of piperidine rings is 2. The third kappa shape index (κ3) is 4.26. The minimum Gasteiger partial charge on any atom is -0.306 e. The van der Waals surface area contributed by atoms with Crippen molar-refractivity contribution >= 4 is 0 Å². The van der Waals surface area contributed by atoms with Gasteiger partial charge in [0.15, 0.2) is 0 Å². The number of hydrogen-bond donors (Lipinski definition) is 0. The molecular formula is C23H42N2. The van der Waals surface area contributed by atoms with Crippen LogP contribution in [0.1, 0.15) is 84.0 Å². The molecule has 2 aliphatic carbocycles. The van der Waals surface area contributed by atoms with Gasteiger partial charge in [0.2, 0.25) is 0 Å². The van der Waals surface area contributed by atoms with Crippen LogP contribution in [0, 0.1) is 22.7 Å². The van der Waals surface area contributed by atoms with Gasteiger partial charge in [-0.05, 0) is 127 Å². The highest BCUT2D eigenvalue weighted by atomic mass is 15.1. The molecule has 2 nitrogen and oxygen atoms in total. The van der Waals surface area contributed by atoms with E-state index in [1.165, 1.54) is 84.1 Å². The number of likely N-dealkylation sites (tertiary alicyclic amines) is 2. The summed E-state index contributed by atoms with van der Waals surface area (Å²) in [7, 11) is 2.30. The average Bonchev–Trinajstić information content (AvgIpc) is 3.39. The van der Waals surface area contributed by atoms with Gasteiger partial charge in [-0.15, -0.1) is 0 Å². The van der Waals surface area contributed by atoms with E-state index in [4.69, 9.17) is 0 Å². The van der Waals surface area contributed by atoms with Crippen molar-refractivity contribution in [2.75, 3.05) is 39.8 Å². The van der Waals surface area contributed by atoms with Crippen LogP contribution in [0.2, 0.25) is 0 Å². The Hall–Kier alpha value is -0.0800. The third-order valence-corrected chi connectivity index (χ3v) is 8.73. The van der Waals surface area contributed by atoms with Gasteiger partial charge in [0.05, 0.1) is 0 Å². The van der Waals surface area contributed by atoms with Crippen LogP contribution in [0.5, 0.6) is 0 Å². The lowest BCUT2D eigenvalue weighted by molar-refractivity contribution is 0.0343. The SMILES string of the molecule is CCCC1(CN2CCC(C3CCC4(CC3)CCN(C)CC4)CC2)CC1. The van der Waals surface area contributed by atoms with Crippen molar-refractivity contribution in [3.8, 4) is 0 Å². The lowest BCUT2D eigenvalue weighted by Gasteiger charge is -2.47. The topological polar surface area (TPSA) is 6.48 Å². The van der Waals surface area contributed by atoms with E-state index in [9.17, 15) is 0 Å². The fraction of sp³-hybridized carbons (Fsp3) is 1.00. The van der Waals surface area contributed by atoms with Crippen molar-refractivity contribution in [2.24, 2.45) is 22.7 Å². The molecule has 2 heterocycles. The van der Waals surface area contributed by atoms with Gasteiger partial charge in [-0.25, -0.2) is 0 Å². The minimum atomic E-state index is 0.752. The summed E-state index contributed by atoms with van der Waals surface area (Å²) in [5.41, 5.74) is 1.51.